The highest BCUT2D eigenvalue weighted by Crippen LogP contribution is 2.34. The van der Waals surface area contributed by atoms with E-state index in [1.807, 2.05) is 18.2 Å². The first-order chi connectivity index (χ1) is 11.2. The fourth-order valence-electron chi connectivity index (χ4n) is 3.30. The highest BCUT2D eigenvalue weighted by Gasteiger charge is 2.20. The van der Waals surface area contributed by atoms with Gasteiger partial charge in [-0.25, -0.2) is 0 Å². The molecule has 3 aromatic rings. The van der Waals surface area contributed by atoms with Gasteiger partial charge in [0, 0.05) is 11.1 Å². The molecule has 1 atom stereocenters. The van der Waals surface area contributed by atoms with E-state index in [1.165, 1.54) is 11.1 Å². The summed E-state index contributed by atoms with van der Waals surface area (Å²) in [5.41, 5.74) is 5.38. The molecule has 23 heavy (non-hydrogen) atoms. The number of benzene rings is 2. The number of halogens is 1. The minimum atomic E-state index is 0.287. The first-order valence-corrected chi connectivity index (χ1v) is 8.47. The van der Waals surface area contributed by atoms with Crippen LogP contribution in [-0.4, -0.2) is 10.2 Å². The smallest absolute Gasteiger partial charge is 0.108 e. The summed E-state index contributed by atoms with van der Waals surface area (Å²) < 4.78 is 0.902. The van der Waals surface area contributed by atoms with E-state index in [0.717, 1.165) is 46.0 Å². The van der Waals surface area contributed by atoms with Gasteiger partial charge in [0.15, 0.2) is 0 Å². The number of H-pyrrole nitrogens is 1. The zero-order valence-electron chi connectivity index (χ0n) is 12.4. The Morgan fingerprint density at radius 1 is 1.26 bits per heavy atom. The van der Waals surface area contributed by atoms with Crippen molar-refractivity contribution >= 4 is 32.5 Å². The number of hydrogen-bond donors (Lipinski definition) is 2. The maximum Gasteiger partial charge on any atom is 0.108 e. The molecule has 0 saturated carbocycles. The molecule has 1 heterocycles. The number of aryl methyl sites for hydroxylation is 1. The molecule has 0 saturated heterocycles. The van der Waals surface area contributed by atoms with Crippen molar-refractivity contribution in [1.82, 2.24) is 10.2 Å². The predicted octanol–water partition coefficient (Wildman–Crippen LogP) is 4.69. The lowest BCUT2D eigenvalue weighted by Gasteiger charge is -2.27. The number of nitrogens with one attached hydrogen (secondary N) is 2. The lowest BCUT2D eigenvalue weighted by molar-refractivity contribution is 0.600. The molecule has 0 bridgehead atoms. The van der Waals surface area contributed by atoms with Crippen molar-refractivity contribution in [3.05, 3.63) is 57.7 Å². The quantitative estimate of drug-likeness (QED) is 0.691. The van der Waals surface area contributed by atoms with Crippen LogP contribution in [0.15, 0.2) is 41.0 Å². The lowest BCUT2D eigenvalue weighted by atomic mass is 9.86. The second-order valence-corrected chi connectivity index (χ2v) is 6.68. The Morgan fingerprint density at radius 3 is 3.04 bits per heavy atom. The average Bonchev–Trinajstić information content (AvgIpc) is 2.95. The van der Waals surface area contributed by atoms with Crippen molar-refractivity contribution in [1.29, 1.82) is 5.26 Å². The molecule has 1 aliphatic carbocycles. The second kappa shape index (κ2) is 5.71. The van der Waals surface area contributed by atoms with E-state index in [9.17, 15) is 0 Å². The number of nitriles is 1. The summed E-state index contributed by atoms with van der Waals surface area (Å²) >= 11 is 3.49. The third-order valence-electron chi connectivity index (χ3n) is 4.43. The van der Waals surface area contributed by atoms with Crippen molar-refractivity contribution in [2.45, 2.75) is 25.3 Å². The molecule has 1 aliphatic rings. The van der Waals surface area contributed by atoms with Crippen LogP contribution in [0.5, 0.6) is 0 Å². The van der Waals surface area contributed by atoms with Crippen molar-refractivity contribution in [2.75, 3.05) is 5.32 Å². The van der Waals surface area contributed by atoms with Crippen molar-refractivity contribution in [3.8, 4) is 6.07 Å². The second-order valence-electron chi connectivity index (χ2n) is 5.88. The predicted molar refractivity (Wildman–Crippen MR) is 94.3 cm³/mol. The normalized spacial score (nSPS) is 16.8. The Hall–Kier alpha value is -2.32. The van der Waals surface area contributed by atoms with Crippen molar-refractivity contribution in [3.63, 3.8) is 0 Å². The van der Waals surface area contributed by atoms with E-state index >= 15 is 0 Å². The fraction of sp³-hybridized carbons (Fsp3) is 0.222. The van der Waals surface area contributed by atoms with Crippen molar-refractivity contribution in [2.24, 2.45) is 0 Å². The summed E-state index contributed by atoms with van der Waals surface area (Å²) in [5, 5.41) is 21.0. The molecule has 1 aromatic heterocycles. The highest BCUT2D eigenvalue weighted by atomic mass is 79.9. The molecule has 1 unspecified atom stereocenters. The van der Waals surface area contributed by atoms with Gasteiger partial charge in [-0.3, -0.25) is 5.10 Å². The van der Waals surface area contributed by atoms with Gasteiger partial charge in [0.2, 0.25) is 0 Å². The van der Waals surface area contributed by atoms with Gasteiger partial charge in [0.05, 0.1) is 23.2 Å². The molecule has 5 heteroatoms. The standard InChI is InChI=1S/C18H15BrN4/c19-18-15-9-13(5-7-17(15)22-23-18)21-16-3-1-2-12-8-11(10-20)4-6-14(12)16/h4-9,16,21H,1-3H2,(H,22,23). The Morgan fingerprint density at radius 2 is 2.17 bits per heavy atom. The minimum absolute atomic E-state index is 0.287. The molecule has 0 aliphatic heterocycles. The Labute approximate surface area is 142 Å². The van der Waals surface area contributed by atoms with Crippen LogP contribution in [0.2, 0.25) is 0 Å². The Kier molecular flexibility index (Phi) is 3.55. The third-order valence-corrected chi connectivity index (χ3v) is 5.04. The van der Waals surface area contributed by atoms with E-state index in [4.69, 9.17) is 5.26 Å². The van der Waals surface area contributed by atoms with Crippen LogP contribution in [0.3, 0.4) is 0 Å². The van der Waals surface area contributed by atoms with Gasteiger partial charge < -0.3 is 5.32 Å². The molecular weight excluding hydrogens is 352 g/mol. The van der Waals surface area contributed by atoms with E-state index < -0.39 is 0 Å². The highest BCUT2D eigenvalue weighted by molar-refractivity contribution is 9.10. The molecule has 0 fully saturated rings. The van der Waals surface area contributed by atoms with Gasteiger partial charge in [-0.2, -0.15) is 10.4 Å². The first-order valence-electron chi connectivity index (χ1n) is 7.68. The molecule has 0 amide bonds. The average molecular weight is 367 g/mol. The minimum Gasteiger partial charge on any atom is -0.378 e. The lowest BCUT2D eigenvalue weighted by Crippen LogP contribution is -2.17. The number of nitrogens with zero attached hydrogens (tertiary/aromatic N) is 2. The third kappa shape index (κ3) is 2.60. The van der Waals surface area contributed by atoms with Crippen LogP contribution < -0.4 is 5.32 Å². The fourth-order valence-corrected chi connectivity index (χ4v) is 3.71. The summed E-state index contributed by atoms with van der Waals surface area (Å²) in [4.78, 5) is 0. The molecule has 0 spiro atoms. The number of rotatable bonds is 2. The summed E-state index contributed by atoms with van der Waals surface area (Å²) in [7, 11) is 0. The largest absolute Gasteiger partial charge is 0.378 e. The maximum absolute atomic E-state index is 9.07. The summed E-state index contributed by atoms with van der Waals surface area (Å²) in [6.07, 6.45) is 3.29. The monoisotopic (exact) mass is 366 g/mol. The summed E-state index contributed by atoms with van der Waals surface area (Å²) in [6.45, 7) is 0. The number of aromatic amines is 1. The van der Waals surface area contributed by atoms with Crippen LogP contribution in [0, 0.1) is 11.3 Å². The van der Waals surface area contributed by atoms with Gasteiger partial charge in [0.25, 0.3) is 0 Å². The van der Waals surface area contributed by atoms with Gasteiger partial charge in [0.1, 0.15) is 4.60 Å². The number of anilines is 1. The summed E-state index contributed by atoms with van der Waals surface area (Å²) in [6, 6.07) is 14.7. The zero-order valence-corrected chi connectivity index (χ0v) is 14.0. The van der Waals surface area contributed by atoms with E-state index in [1.54, 1.807) is 0 Å². The molecule has 4 rings (SSSR count). The molecule has 2 aromatic carbocycles. The molecule has 114 valence electrons. The van der Waals surface area contributed by atoms with Crippen LogP contribution in [0.1, 0.15) is 35.6 Å². The van der Waals surface area contributed by atoms with Crippen LogP contribution >= 0.6 is 15.9 Å². The van der Waals surface area contributed by atoms with Crippen LogP contribution in [0.25, 0.3) is 10.9 Å². The van der Waals surface area contributed by atoms with E-state index in [2.05, 4.69) is 55.7 Å². The molecule has 4 nitrogen and oxygen atoms in total. The van der Waals surface area contributed by atoms with Crippen molar-refractivity contribution < 1.29 is 0 Å². The van der Waals surface area contributed by atoms with Gasteiger partial charge in [-0.1, -0.05) is 6.07 Å². The van der Waals surface area contributed by atoms with Gasteiger partial charge in [-0.05, 0) is 76.7 Å². The van der Waals surface area contributed by atoms with E-state index in [0.29, 0.717) is 0 Å². The molecular formula is C18H15BrN4. The summed E-state index contributed by atoms with van der Waals surface area (Å²) in [5.74, 6) is 0. The number of hydrogen-bond acceptors (Lipinski definition) is 3. The van der Waals surface area contributed by atoms with Gasteiger partial charge >= 0.3 is 0 Å². The molecule has 2 N–H and O–H groups in total. The van der Waals surface area contributed by atoms with E-state index in [-0.39, 0.29) is 6.04 Å². The first kappa shape index (κ1) is 14.3. The number of fused-ring (bicyclic) bond motifs is 2. The zero-order chi connectivity index (χ0) is 15.8. The Balaban J connectivity index is 1.66. The SMILES string of the molecule is N#Cc1ccc2c(c1)CCCC2Nc1ccc2n[nH]c(Br)c2c1. The van der Waals surface area contributed by atoms with Gasteiger partial charge in [-0.15, -0.1) is 0 Å². The van der Waals surface area contributed by atoms with Crippen LogP contribution in [-0.2, 0) is 6.42 Å². The van der Waals surface area contributed by atoms with Crippen LogP contribution in [0.4, 0.5) is 5.69 Å². The number of aromatic nitrogens is 2. The maximum atomic E-state index is 9.07. The Bertz CT molecular complexity index is 922. The topological polar surface area (TPSA) is 64.5 Å². The molecule has 0 radical (unpaired) electrons.